The van der Waals surface area contributed by atoms with Gasteiger partial charge in [-0.1, -0.05) is 64.1 Å². The topological polar surface area (TPSA) is 26.3 Å². The fourth-order valence-electron chi connectivity index (χ4n) is 5.25. The largest absolute Gasteiger partial charge is 2.00 e. The van der Waals surface area contributed by atoms with Crippen LogP contribution in [0, 0.1) is 26.0 Å². The van der Waals surface area contributed by atoms with E-state index in [9.17, 15) is 0 Å². The number of allylic oxidation sites excluding steroid dienone is 2. The van der Waals surface area contributed by atoms with E-state index in [1.165, 1.54) is 33.4 Å². The van der Waals surface area contributed by atoms with Gasteiger partial charge in [-0.2, -0.15) is 11.1 Å². The zero-order chi connectivity index (χ0) is 25.4. The zero-order valence-corrected chi connectivity index (χ0v) is 25.0. The third-order valence-electron chi connectivity index (χ3n) is 7.09. The molecule has 6 rings (SSSR count). The summed E-state index contributed by atoms with van der Waals surface area (Å²) in [6, 6.07) is 21.2. The molecule has 0 spiro atoms. The summed E-state index contributed by atoms with van der Waals surface area (Å²) < 4.78 is 11.5. The van der Waals surface area contributed by atoms with Crippen LogP contribution in [0.4, 0.5) is 0 Å². The molecule has 4 aromatic rings. The number of benzene rings is 2. The van der Waals surface area contributed by atoms with Gasteiger partial charge in [0, 0.05) is 0 Å². The second kappa shape index (κ2) is 11.4. The molecular formula is C34H34O2Zr. The third kappa shape index (κ3) is 5.48. The van der Waals surface area contributed by atoms with Gasteiger partial charge in [0.1, 0.15) is 11.5 Å². The van der Waals surface area contributed by atoms with Gasteiger partial charge in [0.15, 0.2) is 0 Å². The van der Waals surface area contributed by atoms with Crippen LogP contribution in [-0.4, -0.2) is 0 Å². The van der Waals surface area contributed by atoms with Crippen LogP contribution in [-0.2, 0) is 26.2 Å². The van der Waals surface area contributed by atoms with E-state index in [1.807, 2.05) is 26.0 Å². The monoisotopic (exact) mass is 564 g/mol. The van der Waals surface area contributed by atoms with E-state index in [0.717, 1.165) is 23.0 Å². The first-order chi connectivity index (χ1) is 17.3. The van der Waals surface area contributed by atoms with Crippen LogP contribution in [0.3, 0.4) is 0 Å². The number of furan rings is 2. The number of rotatable bonds is 4. The molecular weight excluding hydrogens is 532 g/mol. The van der Waals surface area contributed by atoms with Crippen molar-refractivity contribution < 1.29 is 35.0 Å². The first-order valence-corrected chi connectivity index (χ1v) is 12.9. The van der Waals surface area contributed by atoms with Crippen LogP contribution in [0.2, 0.25) is 0 Å². The number of hydrogen-bond acceptors (Lipinski definition) is 2. The SMILES string of the molecule is Cc1ccc(C2[C-]=Cc3c(C(C)C)cccc32)o1.Cc1ccc(C2[C-]=Cc3c(C(C)C)cccc32)o1.[Zr+2]. The maximum Gasteiger partial charge on any atom is 2.00 e. The second-order valence-corrected chi connectivity index (χ2v) is 10.4. The van der Waals surface area contributed by atoms with Crippen molar-refractivity contribution in [3.05, 3.63) is 129 Å². The van der Waals surface area contributed by atoms with Gasteiger partial charge >= 0.3 is 26.2 Å². The molecule has 2 aromatic carbocycles. The van der Waals surface area contributed by atoms with E-state index in [2.05, 4.69) is 101 Å². The maximum atomic E-state index is 5.74. The van der Waals surface area contributed by atoms with Crippen molar-refractivity contribution in [1.82, 2.24) is 0 Å². The molecule has 2 heterocycles. The Bertz CT molecular complexity index is 1320. The summed E-state index contributed by atoms with van der Waals surface area (Å²) in [6.07, 6.45) is 11.1. The summed E-state index contributed by atoms with van der Waals surface area (Å²) in [5, 5.41) is 0. The molecule has 0 bridgehead atoms. The van der Waals surface area contributed by atoms with E-state index in [1.54, 1.807) is 0 Å². The molecule has 2 aliphatic carbocycles. The Morgan fingerprint density at radius 2 is 1.00 bits per heavy atom. The summed E-state index contributed by atoms with van der Waals surface area (Å²) in [6.45, 7) is 12.9. The van der Waals surface area contributed by atoms with Crippen LogP contribution in [0.5, 0.6) is 0 Å². The first kappa shape index (κ1) is 27.4. The molecule has 0 amide bonds. The quantitative estimate of drug-likeness (QED) is 0.230. The Balaban J connectivity index is 0.000000168. The van der Waals surface area contributed by atoms with Gasteiger partial charge in [-0.15, -0.1) is 22.3 Å². The first-order valence-electron chi connectivity index (χ1n) is 12.9. The van der Waals surface area contributed by atoms with Crippen molar-refractivity contribution in [1.29, 1.82) is 0 Å². The summed E-state index contributed by atoms with van der Waals surface area (Å²) in [5.74, 6) is 5.29. The number of fused-ring (bicyclic) bond motifs is 2. The van der Waals surface area contributed by atoms with Crippen molar-refractivity contribution in [3.63, 3.8) is 0 Å². The predicted molar refractivity (Wildman–Crippen MR) is 147 cm³/mol. The zero-order valence-electron chi connectivity index (χ0n) is 22.6. The normalized spacial score (nSPS) is 17.0. The maximum absolute atomic E-state index is 5.74. The molecule has 0 radical (unpaired) electrons. The molecule has 3 heteroatoms. The summed E-state index contributed by atoms with van der Waals surface area (Å²) in [5.41, 5.74) is 8.07. The van der Waals surface area contributed by atoms with Gasteiger partial charge in [0.2, 0.25) is 0 Å². The van der Waals surface area contributed by atoms with E-state index in [4.69, 9.17) is 8.83 Å². The van der Waals surface area contributed by atoms with Crippen LogP contribution in [0.25, 0.3) is 12.2 Å². The van der Waals surface area contributed by atoms with E-state index >= 15 is 0 Å². The molecule has 2 unspecified atom stereocenters. The van der Waals surface area contributed by atoms with E-state index < -0.39 is 0 Å². The fraction of sp³-hybridized carbons (Fsp3) is 0.294. The van der Waals surface area contributed by atoms with Gasteiger partial charge in [-0.05, 0) is 61.8 Å². The third-order valence-corrected chi connectivity index (χ3v) is 7.09. The summed E-state index contributed by atoms with van der Waals surface area (Å²) in [4.78, 5) is 0. The molecule has 0 aliphatic heterocycles. The molecule has 0 N–H and O–H groups in total. The summed E-state index contributed by atoms with van der Waals surface area (Å²) >= 11 is 0. The molecule has 2 aliphatic rings. The minimum atomic E-state index is 0. The van der Waals surface area contributed by atoms with Crippen molar-refractivity contribution in [3.8, 4) is 0 Å². The van der Waals surface area contributed by atoms with Crippen LogP contribution in [0.15, 0.2) is 69.5 Å². The smallest absolute Gasteiger partial charge is 0.467 e. The Kier molecular flexibility index (Phi) is 8.44. The molecule has 0 saturated heterocycles. The van der Waals surface area contributed by atoms with Gasteiger partial charge in [-0.25, -0.2) is 12.2 Å². The number of aryl methyl sites for hydroxylation is 2. The molecule has 186 valence electrons. The van der Waals surface area contributed by atoms with Crippen molar-refractivity contribution in [2.75, 3.05) is 0 Å². The average Bonchev–Trinajstić information content (AvgIpc) is 3.64. The molecule has 2 nitrogen and oxygen atoms in total. The molecule has 37 heavy (non-hydrogen) atoms. The fourth-order valence-corrected chi connectivity index (χ4v) is 5.25. The van der Waals surface area contributed by atoms with Crippen molar-refractivity contribution >= 4 is 12.2 Å². The molecule has 0 saturated carbocycles. The second-order valence-electron chi connectivity index (χ2n) is 10.4. The minimum Gasteiger partial charge on any atom is -0.467 e. The van der Waals surface area contributed by atoms with E-state index in [-0.39, 0.29) is 38.0 Å². The minimum absolute atomic E-state index is 0. The van der Waals surface area contributed by atoms with Gasteiger partial charge in [-0.3, -0.25) is 12.2 Å². The van der Waals surface area contributed by atoms with Gasteiger partial charge in [0.25, 0.3) is 0 Å². The Morgan fingerprint density at radius 1 is 0.595 bits per heavy atom. The molecule has 2 aromatic heterocycles. The number of hydrogen-bond donors (Lipinski definition) is 0. The van der Waals surface area contributed by atoms with Crippen LogP contribution < -0.4 is 0 Å². The van der Waals surface area contributed by atoms with Crippen molar-refractivity contribution in [2.24, 2.45) is 0 Å². The Labute approximate surface area is 240 Å². The average molecular weight is 566 g/mol. The Hall–Kier alpha value is -2.64. The van der Waals surface area contributed by atoms with E-state index in [0.29, 0.717) is 11.8 Å². The van der Waals surface area contributed by atoms with Gasteiger partial charge < -0.3 is 8.83 Å². The van der Waals surface area contributed by atoms with Crippen LogP contribution >= 0.6 is 0 Å². The van der Waals surface area contributed by atoms with Crippen LogP contribution in [0.1, 0.15) is 108 Å². The predicted octanol–water partition coefficient (Wildman–Crippen LogP) is 9.34. The van der Waals surface area contributed by atoms with Gasteiger partial charge in [0.05, 0.1) is 11.5 Å². The summed E-state index contributed by atoms with van der Waals surface area (Å²) in [7, 11) is 0. The standard InChI is InChI=1S/2C17H17O.Zr/c2*1-11(2)13-5-4-6-14-15(13)8-9-16(14)17-10-7-12(3)18-17;/h2*4-8,10-11,16H,1-3H3;/q2*-1;+2. The molecule has 0 fully saturated rings. The van der Waals surface area contributed by atoms with Crippen molar-refractivity contribution in [2.45, 2.75) is 65.2 Å². The Morgan fingerprint density at radius 3 is 1.32 bits per heavy atom. The molecule has 2 atom stereocenters.